The maximum absolute atomic E-state index is 14.7. The maximum atomic E-state index is 14.7. The number of halogens is 2. The van der Waals surface area contributed by atoms with Crippen molar-refractivity contribution in [1.29, 1.82) is 0 Å². The van der Waals surface area contributed by atoms with Crippen LogP contribution in [0.5, 0.6) is 5.75 Å². The fraction of sp³-hybridized carbons (Fsp3) is 0.348. The number of hydrogen-bond acceptors (Lipinski definition) is 10. The van der Waals surface area contributed by atoms with Crippen molar-refractivity contribution in [2.45, 2.75) is 18.6 Å². The number of ether oxygens (including phenoxy) is 2. The van der Waals surface area contributed by atoms with Gasteiger partial charge in [-0.15, -0.1) is 0 Å². The van der Waals surface area contributed by atoms with Crippen LogP contribution in [0, 0.1) is 15.9 Å². The number of anilines is 1. The summed E-state index contributed by atoms with van der Waals surface area (Å²) in [5.74, 6) is -0.892. The first-order valence-corrected chi connectivity index (χ1v) is 11.3. The highest BCUT2D eigenvalue weighted by atomic mass is 35.5. The molecule has 0 unspecified atom stereocenters. The molecule has 0 radical (unpaired) electrons. The molecular formula is C23H23ClFN5O6. The van der Waals surface area contributed by atoms with E-state index in [1.807, 2.05) is 17.0 Å². The van der Waals surface area contributed by atoms with Crippen molar-refractivity contribution >= 4 is 39.8 Å². The predicted octanol–water partition coefficient (Wildman–Crippen LogP) is 2.56. The van der Waals surface area contributed by atoms with E-state index in [0.29, 0.717) is 12.3 Å². The minimum absolute atomic E-state index is 0.0105. The van der Waals surface area contributed by atoms with Gasteiger partial charge in [-0.05, 0) is 17.7 Å². The van der Waals surface area contributed by atoms with Crippen molar-refractivity contribution < 1.29 is 28.7 Å². The van der Waals surface area contributed by atoms with Gasteiger partial charge in [-0.1, -0.05) is 23.7 Å². The molecule has 36 heavy (non-hydrogen) atoms. The zero-order valence-corrected chi connectivity index (χ0v) is 20.2. The van der Waals surface area contributed by atoms with Crippen LogP contribution in [0.2, 0.25) is 5.15 Å². The van der Waals surface area contributed by atoms with Gasteiger partial charge in [0.15, 0.2) is 11.0 Å². The summed E-state index contributed by atoms with van der Waals surface area (Å²) in [5.41, 5.74) is 0.194. The highest BCUT2D eigenvalue weighted by Crippen LogP contribution is 2.39. The van der Waals surface area contributed by atoms with Crippen LogP contribution in [-0.2, 0) is 16.1 Å². The number of aliphatic hydroxyl groups is 1. The van der Waals surface area contributed by atoms with Gasteiger partial charge in [-0.3, -0.25) is 15.0 Å². The average molecular weight is 520 g/mol. The lowest BCUT2D eigenvalue weighted by atomic mass is 10.0. The van der Waals surface area contributed by atoms with Gasteiger partial charge in [-0.25, -0.2) is 19.2 Å². The molecule has 1 saturated heterocycles. The molecule has 190 valence electrons. The molecule has 0 amide bonds. The lowest BCUT2D eigenvalue weighted by molar-refractivity contribution is -0.384. The van der Waals surface area contributed by atoms with Gasteiger partial charge >= 0.3 is 11.7 Å². The van der Waals surface area contributed by atoms with E-state index in [2.05, 4.69) is 9.97 Å². The van der Waals surface area contributed by atoms with Crippen molar-refractivity contribution in [3.8, 4) is 5.75 Å². The molecule has 1 N–H and O–H groups in total. The zero-order chi connectivity index (χ0) is 26.0. The molecule has 2 atom stereocenters. The van der Waals surface area contributed by atoms with Crippen molar-refractivity contribution in [1.82, 2.24) is 14.9 Å². The first-order valence-electron chi connectivity index (χ1n) is 10.9. The number of esters is 1. The number of nitrogens with zero attached hydrogens (tertiary/aromatic N) is 5. The molecule has 3 heterocycles. The second-order valence-electron chi connectivity index (χ2n) is 8.18. The standard InChI is InChI=1S/C23H23ClFN5O6/c1-35-15-5-3-13(4-6-15)9-28-11-18(23(32)36-2)29(10-14(28)12-31)21-16-7-27-22(24)19(25)20(16)26-8-17(21)30(33)34/h3-8,14,18,31H,9-12H2,1-2H3/t14-,18+/m1/s1. The van der Waals surface area contributed by atoms with Crippen molar-refractivity contribution in [3.63, 3.8) is 0 Å². The lowest BCUT2D eigenvalue weighted by Gasteiger charge is -2.45. The molecule has 1 aliphatic heterocycles. The quantitative estimate of drug-likeness (QED) is 0.215. The summed E-state index contributed by atoms with van der Waals surface area (Å²) in [6.07, 6.45) is 2.10. The number of hydrogen-bond donors (Lipinski definition) is 1. The van der Waals surface area contributed by atoms with Crippen LogP contribution in [0.1, 0.15) is 5.56 Å². The van der Waals surface area contributed by atoms with Gasteiger partial charge < -0.3 is 19.5 Å². The topological polar surface area (TPSA) is 131 Å². The number of aromatic nitrogens is 2. The number of rotatable bonds is 7. The Labute approximate surface area is 210 Å². The highest BCUT2D eigenvalue weighted by Gasteiger charge is 2.41. The van der Waals surface area contributed by atoms with Gasteiger partial charge in [0.1, 0.15) is 29.2 Å². The summed E-state index contributed by atoms with van der Waals surface area (Å²) in [4.78, 5) is 35.2. The number of pyridine rings is 2. The van der Waals surface area contributed by atoms with Crippen LogP contribution in [0.25, 0.3) is 10.9 Å². The van der Waals surface area contributed by atoms with Crippen LogP contribution < -0.4 is 9.64 Å². The summed E-state index contributed by atoms with van der Waals surface area (Å²) >= 11 is 5.80. The molecule has 11 nitrogen and oxygen atoms in total. The number of carbonyl (C=O) groups is 1. The summed E-state index contributed by atoms with van der Waals surface area (Å²) < 4.78 is 24.9. The molecule has 0 aliphatic carbocycles. The number of piperazine rings is 1. The summed E-state index contributed by atoms with van der Waals surface area (Å²) in [7, 11) is 2.78. The molecule has 2 aromatic heterocycles. The number of fused-ring (bicyclic) bond motifs is 1. The molecule has 0 spiro atoms. The van der Waals surface area contributed by atoms with Crippen LogP contribution in [0.3, 0.4) is 0 Å². The van der Waals surface area contributed by atoms with Gasteiger partial charge in [0.05, 0.1) is 37.2 Å². The van der Waals surface area contributed by atoms with E-state index in [1.54, 1.807) is 19.2 Å². The van der Waals surface area contributed by atoms with Crippen molar-refractivity contribution in [3.05, 3.63) is 63.3 Å². The van der Waals surface area contributed by atoms with Gasteiger partial charge in [0.2, 0.25) is 0 Å². The molecule has 13 heteroatoms. The highest BCUT2D eigenvalue weighted by molar-refractivity contribution is 6.30. The van der Waals surface area contributed by atoms with E-state index >= 15 is 0 Å². The Morgan fingerprint density at radius 3 is 2.58 bits per heavy atom. The van der Waals surface area contributed by atoms with Gasteiger partial charge in [0, 0.05) is 25.8 Å². The number of aliphatic hydroxyl groups excluding tert-OH is 1. The number of nitro groups is 1. The Balaban J connectivity index is 1.79. The Hall–Kier alpha value is -3.61. The normalized spacial score (nSPS) is 18.3. The van der Waals surface area contributed by atoms with Gasteiger partial charge in [-0.2, -0.15) is 0 Å². The Kier molecular flexibility index (Phi) is 7.48. The molecule has 1 aliphatic rings. The Bertz CT molecular complexity index is 1290. The van der Waals surface area contributed by atoms with Crippen LogP contribution >= 0.6 is 11.6 Å². The minimum atomic E-state index is -1.00. The minimum Gasteiger partial charge on any atom is -0.497 e. The molecule has 4 rings (SSSR count). The Morgan fingerprint density at radius 2 is 1.97 bits per heavy atom. The van der Waals surface area contributed by atoms with E-state index in [0.717, 1.165) is 11.8 Å². The molecular weight excluding hydrogens is 497 g/mol. The third-order valence-electron chi connectivity index (χ3n) is 6.18. The molecule has 0 saturated carbocycles. The zero-order valence-electron chi connectivity index (χ0n) is 19.4. The number of benzene rings is 1. The Morgan fingerprint density at radius 1 is 1.25 bits per heavy atom. The number of carbonyl (C=O) groups excluding carboxylic acids is 1. The van der Waals surface area contributed by atoms with Crippen LogP contribution in [0.15, 0.2) is 36.7 Å². The molecule has 1 aromatic carbocycles. The maximum Gasteiger partial charge on any atom is 0.329 e. The first-order chi connectivity index (χ1) is 17.3. The largest absolute Gasteiger partial charge is 0.497 e. The third kappa shape index (κ3) is 4.74. The smallest absolute Gasteiger partial charge is 0.329 e. The van der Waals surface area contributed by atoms with Crippen molar-refractivity contribution in [2.24, 2.45) is 0 Å². The fourth-order valence-corrected chi connectivity index (χ4v) is 4.51. The monoisotopic (exact) mass is 519 g/mol. The average Bonchev–Trinajstić information content (AvgIpc) is 2.89. The van der Waals surface area contributed by atoms with Gasteiger partial charge in [0.25, 0.3) is 0 Å². The van der Waals surface area contributed by atoms with E-state index in [9.17, 15) is 24.4 Å². The number of methoxy groups -OCH3 is 2. The van der Waals surface area contributed by atoms with Crippen LogP contribution in [0.4, 0.5) is 15.8 Å². The summed E-state index contributed by atoms with van der Waals surface area (Å²) in [6.45, 7) is 0.183. The summed E-state index contributed by atoms with van der Waals surface area (Å²) in [6, 6.07) is 5.82. The summed E-state index contributed by atoms with van der Waals surface area (Å²) in [5, 5.41) is 21.7. The van der Waals surface area contributed by atoms with Crippen molar-refractivity contribution in [2.75, 3.05) is 38.8 Å². The second kappa shape index (κ2) is 10.6. The lowest BCUT2D eigenvalue weighted by Crippen LogP contribution is -2.62. The predicted molar refractivity (Wildman–Crippen MR) is 129 cm³/mol. The fourth-order valence-electron chi connectivity index (χ4n) is 4.37. The van der Waals surface area contributed by atoms with E-state index in [1.165, 1.54) is 18.2 Å². The van der Waals surface area contributed by atoms with E-state index in [-0.39, 0.29) is 36.3 Å². The molecule has 1 fully saturated rings. The van der Waals surface area contributed by atoms with E-state index < -0.39 is 39.6 Å². The second-order valence-corrected chi connectivity index (χ2v) is 8.54. The van der Waals surface area contributed by atoms with E-state index in [4.69, 9.17) is 21.1 Å². The first kappa shape index (κ1) is 25.5. The molecule has 3 aromatic rings. The third-order valence-corrected chi connectivity index (χ3v) is 6.45. The SMILES string of the molecule is COC(=O)[C@@H]1CN(Cc2ccc(OC)cc2)[C@@H](CO)CN1c1c([N+](=O)[O-])cnc2c(F)c(Cl)ncc12. The molecule has 0 bridgehead atoms. The van der Waals surface area contributed by atoms with Crippen LogP contribution in [-0.4, -0.2) is 76.9 Å².